The second kappa shape index (κ2) is 8.34. The molecule has 0 fully saturated rings. The third kappa shape index (κ3) is 3.65. The molecule has 8 heteroatoms. The van der Waals surface area contributed by atoms with Crippen LogP contribution in [0.4, 0.5) is 0 Å². The fraction of sp³-hybridized carbons (Fsp3) is 0.381. The Bertz CT molecular complexity index is 1210. The van der Waals surface area contributed by atoms with Crippen LogP contribution in [0.3, 0.4) is 0 Å². The molecule has 0 amide bonds. The van der Waals surface area contributed by atoms with Crippen molar-refractivity contribution in [1.29, 1.82) is 0 Å². The summed E-state index contributed by atoms with van der Waals surface area (Å²) in [4.78, 5) is 24.2. The van der Waals surface area contributed by atoms with Crippen LogP contribution in [0.25, 0.3) is 26.8 Å². The van der Waals surface area contributed by atoms with Crippen LogP contribution in [0.15, 0.2) is 34.7 Å². The molecule has 0 aliphatic heterocycles. The molecule has 0 unspecified atom stereocenters. The number of rotatable bonds is 8. The zero-order valence-corrected chi connectivity index (χ0v) is 17.7. The third-order valence-electron chi connectivity index (χ3n) is 5.12. The molecule has 3 aromatic heterocycles. The van der Waals surface area contributed by atoms with Gasteiger partial charge in [0, 0.05) is 18.0 Å². The zero-order valence-electron chi connectivity index (χ0n) is 16.8. The molecular formula is C21H24N4O3S. The number of thiophene rings is 1. The van der Waals surface area contributed by atoms with E-state index in [1.54, 1.807) is 7.11 Å². The molecule has 152 valence electrons. The maximum Gasteiger partial charge on any atom is 0.277 e. The summed E-state index contributed by atoms with van der Waals surface area (Å²) in [5.41, 5.74) is 1.87. The van der Waals surface area contributed by atoms with Gasteiger partial charge in [-0.15, -0.1) is 11.3 Å². The first-order valence-corrected chi connectivity index (χ1v) is 10.7. The first-order valence-electron chi connectivity index (χ1n) is 9.77. The minimum Gasteiger partial charge on any atom is -0.493 e. The molecule has 1 aromatic carbocycles. The monoisotopic (exact) mass is 412 g/mol. The Balaban J connectivity index is 1.70. The maximum absolute atomic E-state index is 12.7. The van der Waals surface area contributed by atoms with Crippen LogP contribution in [-0.2, 0) is 0 Å². The van der Waals surface area contributed by atoms with E-state index in [1.165, 1.54) is 22.1 Å². The summed E-state index contributed by atoms with van der Waals surface area (Å²) in [5, 5.41) is 2.63. The molecule has 0 atom stereocenters. The van der Waals surface area contributed by atoms with Crippen LogP contribution in [-0.4, -0.2) is 52.6 Å². The van der Waals surface area contributed by atoms with Gasteiger partial charge in [0.05, 0.1) is 24.8 Å². The Morgan fingerprint density at radius 1 is 1.17 bits per heavy atom. The lowest BCUT2D eigenvalue weighted by Crippen LogP contribution is -2.25. The van der Waals surface area contributed by atoms with E-state index in [-0.39, 0.29) is 5.56 Å². The number of benzene rings is 1. The largest absolute Gasteiger partial charge is 0.493 e. The summed E-state index contributed by atoms with van der Waals surface area (Å²) in [6.07, 6.45) is 2.46. The van der Waals surface area contributed by atoms with Gasteiger partial charge in [-0.3, -0.25) is 4.79 Å². The highest BCUT2D eigenvalue weighted by molar-refractivity contribution is 7.17. The average molecular weight is 413 g/mol. The predicted molar refractivity (Wildman–Crippen MR) is 117 cm³/mol. The van der Waals surface area contributed by atoms with E-state index in [2.05, 4.69) is 28.7 Å². The molecule has 4 aromatic rings. The molecule has 0 bridgehead atoms. The van der Waals surface area contributed by atoms with Crippen molar-refractivity contribution in [2.24, 2.45) is 0 Å². The summed E-state index contributed by atoms with van der Waals surface area (Å²) in [6, 6.07) is 5.57. The Hall–Kier alpha value is -2.71. The van der Waals surface area contributed by atoms with Gasteiger partial charge in [0.1, 0.15) is 11.0 Å². The lowest BCUT2D eigenvalue weighted by atomic mass is 10.2. The fourth-order valence-electron chi connectivity index (χ4n) is 3.46. The first-order chi connectivity index (χ1) is 14.2. The molecule has 0 aliphatic rings. The quantitative estimate of drug-likeness (QED) is 0.325. The van der Waals surface area contributed by atoms with Gasteiger partial charge < -0.3 is 14.4 Å². The van der Waals surface area contributed by atoms with Gasteiger partial charge in [-0.1, -0.05) is 13.8 Å². The number of hydrogen-bond donors (Lipinski definition) is 0. The first kappa shape index (κ1) is 19.6. The van der Waals surface area contributed by atoms with E-state index in [4.69, 9.17) is 9.47 Å². The summed E-state index contributed by atoms with van der Waals surface area (Å²) in [5.74, 6) is 1.25. The molecule has 0 saturated carbocycles. The van der Waals surface area contributed by atoms with Gasteiger partial charge in [0.25, 0.3) is 5.56 Å². The van der Waals surface area contributed by atoms with Gasteiger partial charge in [0.2, 0.25) is 0 Å². The number of fused-ring (bicyclic) bond motifs is 4. The van der Waals surface area contributed by atoms with Crippen molar-refractivity contribution >= 4 is 38.1 Å². The normalized spacial score (nSPS) is 11.7. The SMILES string of the molecule is CCN(CC)CCCOc1cc2ncn3c(=O)c4sccc4nc3c2cc1OC. The fourth-order valence-corrected chi connectivity index (χ4v) is 4.23. The van der Waals surface area contributed by atoms with Gasteiger partial charge >= 0.3 is 0 Å². The maximum atomic E-state index is 12.7. The van der Waals surface area contributed by atoms with Gasteiger partial charge in [0.15, 0.2) is 17.1 Å². The molecular weight excluding hydrogens is 388 g/mol. The predicted octanol–water partition coefficient (Wildman–Crippen LogP) is 3.58. The highest BCUT2D eigenvalue weighted by Gasteiger charge is 2.14. The molecule has 0 saturated heterocycles. The molecule has 29 heavy (non-hydrogen) atoms. The van der Waals surface area contributed by atoms with Gasteiger partial charge in [-0.25, -0.2) is 14.4 Å². The van der Waals surface area contributed by atoms with Gasteiger partial charge in [-0.2, -0.15) is 0 Å². The molecule has 0 spiro atoms. The van der Waals surface area contributed by atoms with E-state index < -0.39 is 0 Å². The molecule has 7 nitrogen and oxygen atoms in total. The van der Waals surface area contributed by atoms with Crippen LogP contribution in [0.2, 0.25) is 0 Å². The topological polar surface area (TPSA) is 69.0 Å². The number of methoxy groups -OCH3 is 1. The van der Waals surface area contributed by atoms with E-state index in [1.807, 2.05) is 23.6 Å². The summed E-state index contributed by atoms with van der Waals surface area (Å²) in [6.45, 7) is 7.99. The Morgan fingerprint density at radius 2 is 2.00 bits per heavy atom. The van der Waals surface area contributed by atoms with Crippen molar-refractivity contribution in [2.45, 2.75) is 20.3 Å². The average Bonchev–Trinajstić information content (AvgIpc) is 3.22. The number of hydrogen-bond acceptors (Lipinski definition) is 7. The Labute approximate surface area is 172 Å². The summed E-state index contributed by atoms with van der Waals surface area (Å²) >= 11 is 1.39. The van der Waals surface area contributed by atoms with E-state index >= 15 is 0 Å². The summed E-state index contributed by atoms with van der Waals surface area (Å²) < 4.78 is 13.7. The lowest BCUT2D eigenvalue weighted by Gasteiger charge is -2.18. The van der Waals surface area contributed by atoms with Crippen molar-refractivity contribution in [3.05, 3.63) is 40.3 Å². The number of nitrogens with zero attached hydrogens (tertiary/aromatic N) is 4. The van der Waals surface area contributed by atoms with Gasteiger partial charge in [-0.05, 0) is 37.0 Å². The van der Waals surface area contributed by atoms with Crippen LogP contribution in [0.1, 0.15) is 20.3 Å². The van der Waals surface area contributed by atoms with Crippen LogP contribution < -0.4 is 15.0 Å². The zero-order chi connectivity index (χ0) is 20.4. The highest BCUT2D eigenvalue weighted by atomic mass is 32.1. The van der Waals surface area contributed by atoms with Crippen LogP contribution in [0, 0.1) is 0 Å². The molecule has 3 heterocycles. The molecule has 0 radical (unpaired) electrons. The van der Waals surface area contributed by atoms with E-state index in [0.29, 0.717) is 39.5 Å². The second-order valence-electron chi connectivity index (χ2n) is 6.74. The molecule has 4 rings (SSSR count). The standard InChI is InChI=1S/C21H24N4O3S/c1-4-24(5-2)8-6-9-28-18-12-16-14(11-17(18)27-3)20-23-15-7-10-29-19(15)21(26)25(20)13-22-16/h7,10-13H,4-6,8-9H2,1-3H3. The van der Waals surface area contributed by atoms with Crippen LogP contribution in [0.5, 0.6) is 11.5 Å². The second-order valence-corrected chi connectivity index (χ2v) is 7.66. The van der Waals surface area contributed by atoms with Crippen LogP contribution >= 0.6 is 11.3 Å². The minimum atomic E-state index is -0.106. The van der Waals surface area contributed by atoms with Crippen molar-refractivity contribution in [3.8, 4) is 11.5 Å². The van der Waals surface area contributed by atoms with Crippen molar-refractivity contribution < 1.29 is 9.47 Å². The lowest BCUT2D eigenvalue weighted by molar-refractivity contribution is 0.243. The van der Waals surface area contributed by atoms with Crippen molar-refractivity contribution in [2.75, 3.05) is 33.4 Å². The summed E-state index contributed by atoms with van der Waals surface area (Å²) in [7, 11) is 1.61. The van der Waals surface area contributed by atoms with Crippen molar-refractivity contribution in [1.82, 2.24) is 19.3 Å². The minimum absolute atomic E-state index is 0.106. The number of aromatic nitrogens is 3. The number of ether oxygens (including phenoxy) is 2. The highest BCUT2D eigenvalue weighted by Crippen LogP contribution is 2.33. The Morgan fingerprint density at radius 3 is 2.76 bits per heavy atom. The third-order valence-corrected chi connectivity index (χ3v) is 6.01. The Kier molecular flexibility index (Phi) is 5.64. The smallest absolute Gasteiger partial charge is 0.277 e. The van der Waals surface area contributed by atoms with E-state index in [9.17, 15) is 4.79 Å². The molecule has 0 N–H and O–H groups in total. The molecule has 0 aliphatic carbocycles. The van der Waals surface area contributed by atoms with E-state index in [0.717, 1.165) is 31.4 Å². The van der Waals surface area contributed by atoms with Crippen molar-refractivity contribution in [3.63, 3.8) is 0 Å².